The zero-order valence-electron chi connectivity index (χ0n) is 4.27. The van der Waals surface area contributed by atoms with Gasteiger partial charge in [0.1, 0.15) is 6.10 Å². The number of ether oxygens (including phenoxy) is 1. The molecule has 0 amide bonds. The highest BCUT2D eigenvalue weighted by molar-refractivity contribution is 6.64. The number of halogens is 1. The van der Waals surface area contributed by atoms with Gasteiger partial charge in [-0.25, -0.2) is 0 Å². The van der Waals surface area contributed by atoms with E-state index in [1.54, 1.807) is 6.92 Å². The molecule has 0 aromatic rings. The van der Waals surface area contributed by atoms with E-state index in [1.807, 2.05) is 0 Å². The largest absolute Gasteiger partial charge is 0.373 e. The van der Waals surface area contributed by atoms with E-state index >= 15 is 0 Å². The van der Waals surface area contributed by atoms with Crippen LogP contribution in [0, 0.1) is 0 Å². The van der Waals surface area contributed by atoms with Crippen molar-refractivity contribution < 1.29 is 9.53 Å². The lowest BCUT2D eigenvalue weighted by Crippen LogP contribution is -2.12. The van der Waals surface area contributed by atoms with E-state index < -0.39 is 11.3 Å². The molecule has 1 atom stereocenters. The molecule has 0 radical (unpaired) electrons. The average molecular weight is 123 g/mol. The highest BCUT2D eigenvalue weighted by Gasteiger charge is 2.05. The Morgan fingerprint density at radius 1 is 1.86 bits per heavy atom. The summed E-state index contributed by atoms with van der Waals surface area (Å²) in [4.78, 5) is 10.0. The molecule has 0 aromatic carbocycles. The van der Waals surface area contributed by atoms with Gasteiger partial charge in [0.2, 0.25) is 5.24 Å². The van der Waals surface area contributed by atoms with Gasteiger partial charge in [0.15, 0.2) is 0 Å². The van der Waals surface area contributed by atoms with Crippen molar-refractivity contribution in [1.82, 2.24) is 0 Å². The SMILES string of the molecule is COC(C)C(=O)Cl. The van der Waals surface area contributed by atoms with E-state index in [1.165, 1.54) is 7.11 Å². The average Bonchev–Trinajstić information content (AvgIpc) is 1.65. The topological polar surface area (TPSA) is 26.3 Å². The van der Waals surface area contributed by atoms with Crippen molar-refractivity contribution in [2.45, 2.75) is 13.0 Å². The lowest BCUT2D eigenvalue weighted by molar-refractivity contribution is -0.119. The molecule has 0 saturated heterocycles. The summed E-state index contributed by atoms with van der Waals surface area (Å²) in [5.41, 5.74) is 0. The first-order chi connectivity index (χ1) is 3.18. The van der Waals surface area contributed by atoms with E-state index in [9.17, 15) is 4.79 Å². The first-order valence-electron chi connectivity index (χ1n) is 1.90. The highest BCUT2D eigenvalue weighted by atomic mass is 35.5. The van der Waals surface area contributed by atoms with E-state index in [4.69, 9.17) is 11.6 Å². The number of methoxy groups -OCH3 is 1. The number of carbonyl (C=O) groups is 1. The van der Waals surface area contributed by atoms with Gasteiger partial charge in [0.25, 0.3) is 0 Å². The van der Waals surface area contributed by atoms with Gasteiger partial charge < -0.3 is 4.74 Å². The quantitative estimate of drug-likeness (QED) is 0.506. The van der Waals surface area contributed by atoms with E-state index in [0.29, 0.717) is 0 Å². The molecule has 0 aliphatic heterocycles. The van der Waals surface area contributed by atoms with Crippen LogP contribution in [0.15, 0.2) is 0 Å². The maximum absolute atomic E-state index is 10.0. The van der Waals surface area contributed by atoms with Crippen LogP contribution < -0.4 is 0 Å². The Bertz CT molecular complexity index is 72.1. The number of hydrogen-bond acceptors (Lipinski definition) is 2. The van der Waals surface area contributed by atoms with Gasteiger partial charge in [-0.2, -0.15) is 0 Å². The van der Waals surface area contributed by atoms with Gasteiger partial charge in [0, 0.05) is 7.11 Å². The van der Waals surface area contributed by atoms with E-state index in [0.717, 1.165) is 0 Å². The Kier molecular flexibility index (Phi) is 2.96. The van der Waals surface area contributed by atoms with E-state index in [-0.39, 0.29) is 0 Å². The van der Waals surface area contributed by atoms with Crippen LogP contribution >= 0.6 is 11.6 Å². The van der Waals surface area contributed by atoms with Crippen LogP contribution in [0.3, 0.4) is 0 Å². The Labute approximate surface area is 47.4 Å². The third-order valence-electron chi connectivity index (χ3n) is 0.673. The fourth-order valence-electron chi connectivity index (χ4n) is 0.0927. The molecule has 0 spiro atoms. The molecule has 7 heavy (non-hydrogen) atoms. The molecule has 3 heteroatoms. The van der Waals surface area contributed by atoms with Gasteiger partial charge in [-0.1, -0.05) is 0 Å². The monoisotopic (exact) mass is 122 g/mol. The van der Waals surface area contributed by atoms with Crippen molar-refractivity contribution in [3.8, 4) is 0 Å². The van der Waals surface area contributed by atoms with Crippen molar-refractivity contribution in [3.05, 3.63) is 0 Å². The molecule has 1 unspecified atom stereocenters. The second kappa shape index (κ2) is 2.99. The van der Waals surface area contributed by atoms with E-state index in [2.05, 4.69) is 4.74 Å². The molecule has 42 valence electrons. The van der Waals surface area contributed by atoms with Crippen LogP contribution in [-0.4, -0.2) is 18.5 Å². The number of rotatable bonds is 2. The second-order valence-electron chi connectivity index (χ2n) is 1.18. The van der Waals surface area contributed by atoms with Crippen LogP contribution in [0.25, 0.3) is 0 Å². The Morgan fingerprint density at radius 2 is 2.29 bits per heavy atom. The van der Waals surface area contributed by atoms with Crippen molar-refractivity contribution in [3.63, 3.8) is 0 Å². The number of hydrogen-bond donors (Lipinski definition) is 0. The molecule has 0 bridgehead atoms. The maximum Gasteiger partial charge on any atom is 0.250 e. The normalized spacial score (nSPS) is 13.6. The summed E-state index contributed by atoms with van der Waals surface area (Å²) in [6, 6.07) is 0. The van der Waals surface area contributed by atoms with Crippen molar-refractivity contribution in [1.29, 1.82) is 0 Å². The van der Waals surface area contributed by atoms with Crippen molar-refractivity contribution >= 4 is 16.8 Å². The first kappa shape index (κ1) is 6.92. The van der Waals surface area contributed by atoms with Crippen molar-refractivity contribution in [2.75, 3.05) is 7.11 Å². The Hall–Kier alpha value is -0.0800. The van der Waals surface area contributed by atoms with Gasteiger partial charge in [-0.3, -0.25) is 4.79 Å². The summed E-state index contributed by atoms with van der Waals surface area (Å²) in [6.07, 6.45) is -0.471. The molecular weight excluding hydrogens is 115 g/mol. The van der Waals surface area contributed by atoms with Gasteiger partial charge in [0.05, 0.1) is 0 Å². The minimum Gasteiger partial charge on any atom is -0.373 e. The summed E-state index contributed by atoms with van der Waals surface area (Å²) in [6.45, 7) is 1.59. The highest BCUT2D eigenvalue weighted by Crippen LogP contribution is 1.91. The minimum absolute atomic E-state index is 0.456. The summed E-state index contributed by atoms with van der Waals surface area (Å²) in [5, 5.41) is -0.456. The van der Waals surface area contributed by atoms with Crippen LogP contribution in [0.4, 0.5) is 0 Å². The van der Waals surface area contributed by atoms with Crippen LogP contribution in [-0.2, 0) is 9.53 Å². The van der Waals surface area contributed by atoms with Crippen LogP contribution in [0.5, 0.6) is 0 Å². The zero-order chi connectivity index (χ0) is 5.86. The molecule has 2 nitrogen and oxygen atoms in total. The van der Waals surface area contributed by atoms with Crippen LogP contribution in [0.2, 0.25) is 0 Å². The standard InChI is InChI=1S/C4H7ClO2/c1-3(7-2)4(5)6/h3H,1-2H3. The first-order valence-corrected chi connectivity index (χ1v) is 2.28. The lowest BCUT2D eigenvalue weighted by atomic mass is 10.5. The summed E-state index contributed by atoms with van der Waals surface area (Å²) in [5.74, 6) is 0. The second-order valence-corrected chi connectivity index (χ2v) is 1.55. The molecule has 0 fully saturated rings. The molecule has 0 aliphatic rings. The zero-order valence-corrected chi connectivity index (χ0v) is 5.03. The smallest absolute Gasteiger partial charge is 0.250 e. The Morgan fingerprint density at radius 3 is 2.29 bits per heavy atom. The summed E-state index contributed by atoms with van der Waals surface area (Å²) in [7, 11) is 1.44. The minimum atomic E-state index is -0.471. The van der Waals surface area contributed by atoms with Crippen LogP contribution in [0.1, 0.15) is 6.92 Å². The molecule has 0 saturated carbocycles. The van der Waals surface area contributed by atoms with Gasteiger partial charge in [-0.05, 0) is 18.5 Å². The van der Waals surface area contributed by atoms with Gasteiger partial charge >= 0.3 is 0 Å². The fraction of sp³-hybridized carbons (Fsp3) is 0.750. The van der Waals surface area contributed by atoms with Crippen molar-refractivity contribution in [2.24, 2.45) is 0 Å². The molecule has 0 heterocycles. The molecule has 0 rings (SSSR count). The number of carbonyl (C=O) groups excluding carboxylic acids is 1. The molecular formula is C4H7ClO2. The summed E-state index contributed by atoms with van der Waals surface area (Å²) < 4.78 is 4.53. The fourth-order valence-corrected chi connectivity index (χ4v) is 0.182. The third kappa shape index (κ3) is 2.60. The predicted octanol–water partition coefficient (Wildman–Crippen LogP) is 0.787. The molecule has 0 aliphatic carbocycles. The lowest BCUT2D eigenvalue weighted by Gasteiger charge is -1.98. The molecule has 0 N–H and O–H groups in total. The Balaban J connectivity index is 3.34. The molecule has 0 aromatic heterocycles. The van der Waals surface area contributed by atoms with Gasteiger partial charge in [-0.15, -0.1) is 0 Å². The predicted molar refractivity (Wildman–Crippen MR) is 27.3 cm³/mol. The third-order valence-corrected chi connectivity index (χ3v) is 0.980. The summed E-state index contributed by atoms with van der Waals surface area (Å²) >= 11 is 4.96. The maximum atomic E-state index is 10.0.